The summed E-state index contributed by atoms with van der Waals surface area (Å²) in [6, 6.07) is 0.0853. The Labute approximate surface area is 131 Å². The fraction of sp³-hybridized carbons (Fsp3) is 0.562. The van der Waals surface area contributed by atoms with E-state index in [2.05, 4.69) is 22.2 Å². The number of carbonyl (C=O) groups excluding carboxylic acids is 2. The van der Waals surface area contributed by atoms with Crippen molar-refractivity contribution >= 4 is 11.8 Å². The lowest BCUT2D eigenvalue weighted by Gasteiger charge is -2.18. The van der Waals surface area contributed by atoms with Crippen LogP contribution >= 0.6 is 0 Å². The van der Waals surface area contributed by atoms with Gasteiger partial charge in [0.25, 0.3) is 11.8 Å². The second-order valence-corrected chi connectivity index (χ2v) is 5.62. The van der Waals surface area contributed by atoms with Crippen LogP contribution in [0.3, 0.4) is 0 Å². The van der Waals surface area contributed by atoms with Gasteiger partial charge in [-0.15, -0.1) is 6.58 Å². The molecule has 2 rings (SSSR count). The van der Waals surface area contributed by atoms with Crippen LogP contribution in [0.25, 0.3) is 0 Å². The van der Waals surface area contributed by atoms with Crippen LogP contribution in [-0.2, 0) is 13.0 Å². The largest absolute Gasteiger partial charge is 0.347 e. The summed E-state index contributed by atoms with van der Waals surface area (Å²) in [5.74, 6) is -0.104. The molecule has 120 valence electrons. The number of aromatic nitrogens is 2. The van der Waals surface area contributed by atoms with E-state index in [1.807, 2.05) is 18.4 Å². The summed E-state index contributed by atoms with van der Waals surface area (Å²) in [6.45, 7) is 8.68. The van der Waals surface area contributed by atoms with Gasteiger partial charge in [-0.1, -0.05) is 13.0 Å². The van der Waals surface area contributed by atoms with E-state index in [4.69, 9.17) is 0 Å². The molecule has 22 heavy (non-hydrogen) atoms. The molecule has 0 spiro atoms. The highest BCUT2D eigenvalue weighted by Gasteiger charge is 2.27. The van der Waals surface area contributed by atoms with Crippen molar-refractivity contribution in [1.82, 2.24) is 20.2 Å². The van der Waals surface area contributed by atoms with Gasteiger partial charge in [-0.3, -0.25) is 9.59 Å². The van der Waals surface area contributed by atoms with Crippen molar-refractivity contribution in [3.63, 3.8) is 0 Å². The van der Waals surface area contributed by atoms with E-state index in [0.29, 0.717) is 18.1 Å². The Balaban J connectivity index is 2.30. The molecular formula is C16H24N4O2. The van der Waals surface area contributed by atoms with Gasteiger partial charge in [-0.05, 0) is 32.6 Å². The second-order valence-electron chi connectivity index (χ2n) is 5.62. The van der Waals surface area contributed by atoms with E-state index >= 15 is 0 Å². The zero-order valence-corrected chi connectivity index (χ0v) is 13.3. The van der Waals surface area contributed by atoms with Gasteiger partial charge in [0.15, 0.2) is 5.82 Å². The van der Waals surface area contributed by atoms with E-state index in [1.165, 1.54) is 0 Å². The highest BCUT2D eigenvalue weighted by molar-refractivity contribution is 5.97. The molecule has 0 saturated heterocycles. The second kappa shape index (κ2) is 7.24. The van der Waals surface area contributed by atoms with E-state index in [-0.39, 0.29) is 17.9 Å². The van der Waals surface area contributed by atoms with E-state index in [9.17, 15) is 9.59 Å². The zero-order valence-electron chi connectivity index (χ0n) is 13.3. The first-order chi connectivity index (χ1) is 10.6. The Morgan fingerprint density at radius 1 is 1.41 bits per heavy atom. The van der Waals surface area contributed by atoms with Gasteiger partial charge >= 0.3 is 0 Å². The smallest absolute Gasteiger partial charge is 0.287 e. The van der Waals surface area contributed by atoms with Gasteiger partial charge < -0.3 is 15.2 Å². The third-order valence-corrected chi connectivity index (χ3v) is 3.93. The van der Waals surface area contributed by atoms with Gasteiger partial charge in [-0.2, -0.15) is 0 Å². The summed E-state index contributed by atoms with van der Waals surface area (Å²) in [5, 5.41) is 5.66. The lowest BCUT2D eigenvalue weighted by Crippen LogP contribution is -2.34. The average molecular weight is 304 g/mol. The molecule has 1 aliphatic heterocycles. The molecule has 0 fully saturated rings. The summed E-state index contributed by atoms with van der Waals surface area (Å²) >= 11 is 0. The summed E-state index contributed by atoms with van der Waals surface area (Å²) in [6.07, 6.45) is 5.27. The Hall–Kier alpha value is -2.11. The zero-order chi connectivity index (χ0) is 16.1. The third-order valence-electron chi connectivity index (χ3n) is 3.93. The molecule has 6 heteroatoms. The number of nitrogens with one attached hydrogen (secondary N) is 2. The molecule has 1 atom stereocenters. The Bertz CT molecular complexity index is 577. The number of hydrogen-bond acceptors (Lipinski definition) is 3. The first-order valence-electron chi connectivity index (χ1n) is 7.87. The quantitative estimate of drug-likeness (QED) is 0.785. The van der Waals surface area contributed by atoms with Crippen molar-refractivity contribution in [1.29, 1.82) is 0 Å². The monoisotopic (exact) mass is 304 g/mol. The van der Waals surface area contributed by atoms with Crippen molar-refractivity contribution in [3.8, 4) is 0 Å². The average Bonchev–Trinajstić information content (AvgIpc) is 2.92. The molecule has 1 unspecified atom stereocenters. The van der Waals surface area contributed by atoms with E-state index in [1.54, 1.807) is 6.08 Å². The fourth-order valence-electron chi connectivity index (χ4n) is 2.54. The lowest BCUT2D eigenvalue weighted by atomic mass is 10.1. The molecule has 0 radical (unpaired) electrons. The predicted molar refractivity (Wildman–Crippen MR) is 84.9 cm³/mol. The van der Waals surface area contributed by atoms with Crippen molar-refractivity contribution < 1.29 is 9.59 Å². The third kappa shape index (κ3) is 3.37. The minimum atomic E-state index is -0.242. The van der Waals surface area contributed by atoms with Gasteiger partial charge in [0.1, 0.15) is 5.69 Å². The number of rotatable bonds is 6. The lowest BCUT2D eigenvalue weighted by molar-refractivity contribution is 0.0923. The van der Waals surface area contributed by atoms with Crippen LogP contribution in [-0.4, -0.2) is 34.0 Å². The van der Waals surface area contributed by atoms with Crippen LogP contribution in [0.15, 0.2) is 12.7 Å². The van der Waals surface area contributed by atoms with E-state index < -0.39 is 0 Å². The van der Waals surface area contributed by atoms with Crippen LogP contribution in [0.5, 0.6) is 0 Å². The Morgan fingerprint density at radius 3 is 2.86 bits per heavy atom. The van der Waals surface area contributed by atoms with Gasteiger partial charge in [0.05, 0.1) is 5.69 Å². The maximum atomic E-state index is 12.4. The van der Waals surface area contributed by atoms with Crippen LogP contribution < -0.4 is 10.6 Å². The van der Waals surface area contributed by atoms with E-state index in [0.717, 1.165) is 37.9 Å². The molecule has 0 aromatic carbocycles. The molecule has 0 aliphatic carbocycles. The van der Waals surface area contributed by atoms with Crippen LogP contribution in [0.4, 0.5) is 0 Å². The number of imidazole rings is 1. The summed E-state index contributed by atoms with van der Waals surface area (Å²) < 4.78 is 1.89. The molecule has 2 amide bonds. The molecular weight excluding hydrogens is 280 g/mol. The van der Waals surface area contributed by atoms with Crippen molar-refractivity contribution in [2.75, 3.05) is 6.54 Å². The van der Waals surface area contributed by atoms with Crippen LogP contribution in [0, 0.1) is 0 Å². The maximum Gasteiger partial charge on any atom is 0.287 e. The maximum absolute atomic E-state index is 12.4. The summed E-state index contributed by atoms with van der Waals surface area (Å²) in [7, 11) is 0. The molecule has 0 bridgehead atoms. The first-order valence-corrected chi connectivity index (χ1v) is 7.87. The molecule has 1 aromatic rings. The highest BCUT2D eigenvalue weighted by Crippen LogP contribution is 2.21. The number of fused-ring (bicyclic) bond motifs is 1. The summed E-state index contributed by atoms with van der Waals surface area (Å²) in [5.41, 5.74) is 1.23. The standard InChI is InChI=1S/C16H24N4O2/c1-4-9-17-15(21)13-12-8-6-7-10-20(12)14(19-13)16(22)18-11(3)5-2/h4,11H,1,5-10H2,2-3H3,(H,17,21)(H,18,22). The van der Waals surface area contributed by atoms with Crippen molar-refractivity contribution in [2.24, 2.45) is 0 Å². The Morgan fingerprint density at radius 2 is 2.18 bits per heavy atom. The molecule has 1 aromatic heterocycles. The van der Waals surface area contributed by atoms with Gasteiger partial charge in [0, 0.05) is 19.1 Å². The number of carbonyl (C=O) groups is 2. The topological polar surface area (TPSA) is 76.0 Å². The van der Waals surface area contributed by atoms with Gasteiger partial charge in [-0.25, -0.2) is 4.98 Å². The molecule has 1 aliphatic rings. The van der Waals surface area contributed by atoms with Crippen LogP contribution in [0.1, 0.15) is 59.9 Å². The van der Waals surface area contributed by atoms with Crippen molar-refractivity contribution in [2.45, 2.75) is 52.1 Å². The number of amides is 2. The van der Waals surface area contributed by atoms with Crippen molar-refractivity contribution in [3.05, 3.63) is 29.9 Å². The first kappa shape index (κ1) is 16.3. The molecule has 2 N–H and O–H groups in total. The number of nitrogens with zero attached hydrogens (tertiary/aromatic N) is 2. The Kier molecular flexibility index (Phi) is 5.35. The van der Waals surface area contributed by atoms with Gasteiger partial charge in [0.2, 0.25) is 0 Å². The molecule has 2 heterocycles. The van der Waals surface area contributed by atoms with Crippen LogP contribution in [0.2, 0.25) is 0 Å². The minimum absolute atomic E-state index is 0.0853. The highest BCUT2D eigenvalue weighted by atomic mass is 16.2. The molecule has 6 nitrogen and oxygen atoms in total. The molecule has 0 saturated carbocycles. The number of hydrogen-bond donors (Lipinski definition) is 2. The normalized spacial score (nSPS) is 14.8. The summed E-state index contributed by atoms with van der Waals surface area (Å²) in [4.78, 5) is 29.0. The fourth-order valence-corrected chi connectivity index (χ4v) is 2.54. The minimum Gasteiger partial charge on any atom is -0.347 e. The predicted octanol–water partition coefficient (Wildman–Crippen LogP) is 1.66. The SMILES string of the molecule is C=CCNC(=O)c1nc(C(=O)NC(C)CC)n2c1CCCC2.